The topological polar surface area (TPSA) is 245 Å². The van der Waals surface area contributed by atoms with Gasteiger partial charge < -0.3 is 50.0 Å². The lowest BCUT2D eigenvalue weighted by atomic mass is 9.79. The highest BCUT2D eigenvalue weighted by Crippen LogP contribution is 2.48. The Morgan fingerprint density at radius 3 is 2.53 bits per heavy atom. The third-order valence-electron chi connectivity index (χ3n) is 10.0. The van der Waals surface area contributed by atoms with Crippen LogP contribution in [0.4, 0.5) is 5.69 Å². The van der Waals surface area contributed by atoms with Gasteiger partial charge in [-0.25, -0.2) is 0 Å². The number of nitrogens with two attached hydrogens (primary N) is 1. The van der Waals surface area contributed by atoms with Crippen molar-refractivity contribution in [3.63, 3.8) is 0 Å². The number of aliphatic hydroxyl groups excluding tert-OH is 4. The number of phenolic OH excluding ortho intramolecular Hbond substituents is 1. The van der Waals surface area contributed by atoms with Crippen LogP contribution in [0.1, 0.15) is 54.5 Å². The lowest BCUT2D eigenvalue weighted by Gasteiger charge is -2.40. The molecule has 8 rings (SSSR count). The highest BCUT2D eigenvalue weighted by atomic mass is 16.7. The van der Waals surface area contributed by atoms with E-state index < -0.39 is 72.4 Å². The molecule has 266 valence electrons. The van der Waals surface area contributed by atoms with Gasteiger partial charge in [0.1, 0.15) is 49.5 Å². The Labute approximate surface area is 290 Å². The van der Waals surface area contributed by atoms with E-state index >= 15 is 0 Å². The molecule has 5 aliphatic rings. The first-order valence-electron chi connectivity index (χ1n) is 16.4. The van der Waals surface area contributed by atoms with Gasteiger partial charge in [0.15, 0.2) is 23.1 Å². The fraction of sp³-hybridized carbons (Fsp3) is 0.343. The minimum Gasteiger partial charge on any atom is -0.504 e. The number of rotatable bonds is 3. The molecule has 16 heteroatoms. The molecular formula is C35H35N5O11. The lowest BCUT2D eigenvalue weighted by molar-refractivity contribution is -0.277. The summed E-state index contributed by atoms with van der Waals surface area (Å²) in [6, 6.07) is 12.4. The Balaban J connectivity index is 1.33. The summed E-state index contributed by atoms with van der Waals surface area (Å²) in [5.41, 5.74) is 7.43. The minimum atomic E-state index is -1.80. The summed E-state index contributed by atoms with van der Waals surface area (Å²) in [6.45, 7) is -0.405. The van der Waals surface area contributed by atoms with Crippen molar-refractivity contribution in [2.24, 2.45) is 5.73 Å². The highest BCUT2D eigenvalue weighted by Gasteiger charge is 2.48. The van der Waals surface area contributed by atoms with Crippen LogP contribution in [0.5, 0.6) is 11.5 Å². The number of allylic oxidation sites excluding steroid dienone is 1. The Morgan fingerprint density at radius 2 is 1.73 bits per heavy atom. The summed E-state index contributed by atoms with van der Waals surface area (Å²) in [5.74, 6) is -3.48. The van der Waals surface area contributed by atoms with E-state index in [1.807, 2.05) is 11.0 Å². The van der Waals surface area contributed by atoms with Crippen LogP contribution in [-0.4, -0.2) is 105 Å². The summed E-state index contributed by atoms with van der Waals surface area (Å²) in [6.07, 6.45) is -6.30. The molecule has 16 nitrogen and oxygen atoms in total. The zero-order valence-corrected chi connectivity index (χ0v) is 26.8. The van der Waals surface area contributed by atoms with Crippen LogP contribution in [0.15, 0.2) is 60.9 Å². The van der Waals surface area contributed by atoms with Gasteiger partial charge in [-0.1, -0.05) is 24.3 Å². The number of hydrogen-bond donors (Lipinski definition) is 9. The molecular weight excluding hydrogens is 666 g/mol. The molecule has 3 saturated heterocycles. The van der Waals surface area contributed by atoms with Crippen LogP contribution < -0.4 is 31.3 Å². The SMILES string of the molecule is NC1NC(=O)C2NCN(c3ccccc3C3C=COCC4OC(Oc5c3cc3c(c5O)C(=O)c5cc(CO)ccc5C3=O)C(O)C(O)C4O)C2N1. The number of anilines is 1. The number of fused-ring (bicyclic) bond motifs is 6. The predicted octanol–water partition coefficient (Wildman–Crippen LogP) is -1.45. The normalized spacial score (nSPS) is 31.3. The van der Waals surface area contributed by atoms with E-state index in [-0.39, 0.29) is 59.4 Å². The monoisotopic (exact) mass is 701 g/mol. The number of amides is 1. The number of ketones is 2. The number of aromatic hydroxyl groups is 1. The standard InChI is InChI=1S/C35H35N5O11/c36-35-38-32-24(33(48)39-35)37-13-40(32)21-4-2-1-3-16(21)15-7-8-49-12-22-27(44)29(46)30(47)34(50-22)51-31-19(15)10-20-23(28(31)45)26(43)18-9-14(11-41)5-6-17(18)25(20)42/h1-10,15,22,24,27,29-30,32,34-35,37-38,41,44-47H,11-13,36H2,(H,39,48). The molecule has 1 aliphatic carbocycles. The zero-order chi connectivity index (χ0) is 35.7. The van der Waals surface area contributed by atoms with Gasteiger partial charge in [0.2, 0.25) is 12.2 Å². The van der Waals surface area contributed by atoms with Gasteiger partial charge in [0.25, 0.3) is 0 Å². The van der Waals surface area contributed by atoms with Gasteiger partial charge >= 0.3 is 0 Å². The second kappa shape index (κ2) is 12.7. The van der Waals surface area contributed by atoms with Crippen molar-refractivity contribution in [2.45, 2.75) is 61.7 Å². The van der Waals surface area contributed by atoms with Gasteiger partial charge in [-0.3, -0.25) is 30.8 Å². The van der Waals surface area contributed by atoms with Crippen LogP contribution in [-0.2, 0) is 20.9 Å². The number of benzene rings is 3. The smallest absolute Gasteiger partial charge is 0.242 e. The van der Waals surface area contributed by atoms with Gasteiger partial charge in [-0.15, -0.1) is 0 Å². The first-order valence-corrected chi connectivity index (χ1v) is 16.4. The quantitative estimate of drug-likeness (QED) is 0.119. The Bertz CT molecular complexity index is 1970. The van der Waals surface area contributed by atoms with Crippen molar-refractivity contribution in [3.05, 3.63) is 99.8 Å². The molecule has 2 bridgehead atoms. The number of para-hydroxylation sites is 1. The van der Waals surface area contributed by atoms with E-state index in [9.17, 15) is 39.9 Å². The number of carbonyl (C=O) groups excluding carboxylic acids is 3. The second-order valence-corrected chi connectivity index (χ2v) is 13.0. The van der Waals surface area contributed by atoms with Crippen molar-refractivity contribution in [1.82, 2.24) is 16.0 Å². The molecule has 1 amide bonds. The number of nitrogens with zero attached hydrogens (tertiary/aromatic N) is 1. The highest BCUT2D eigenvalue weighted by molar-refractivity contribution is 6.29. The number of hydrogen-bond acceptors (Lipinski definition) is 15. The first kappa shape index (κ1) is 33.2. The molecule has 3 aromatic carbocycles. The third kappa shape index (κ3) is 5.35. The molecule has 0 spiro atoms. The van der Waals surface area contributed by atoms with E-state index in [1.54, 1.807) is 24.3 Å². The summed E-state index contributed by atoms with van der Waals surface area (Å²) in [7, 11) is 0. The summed E-state index contributed by atoms with van der Waals surface area (Å²) < 4.78 is 17.8. The average molecular weight is 702 g/mol. The van der Waals surface area contributed by atoms with Crippen molar-refractivity contribution >= 4 is 23.2 Å². The first-order chi connectivity index (χ1) is 24.6. The number of nitrogens with one attached hydrogen (secondary N) is 3. The fourth-order valence-electron chi connectivity index (χ4n) is 7.44. The molecule has 9 atom stereocenters. The second-order valence-electron chi connectivity index (χ2n) is 13.0. The van der Waals surface area contributed by atoms with Crippen LogP contribution in [0.3, 0.4) is 0 Å². The fourth-order valence-corrected chi connectivity index (χ4v) is 7.44. The van der Waals surface area contributed by atoms with E-state index in [2.05, 4.69) is 16.0 Å². The van der Waals surface area contributed by atoms with Crippen molar-refractivity contribution in [1.29, 1.82) is 0 Å². The van der Waals surface area contributed by atoms with Gasteiger partial charge in [0.05, 0.1) is 25.1 Å². The Kier molecular flexibility index (Phi) is 8.28. The summed E-state index contributed by atoms with van der Waals surface area (Å²) in [5, 5.41) is 63.0. The molecule has 51 heavy (non-hydrogen) atoms. The molecule has 3 aromatic rings. The van der Waals surface area contributed by atoms with E-state index in [0.29, 0.717) is 16.8 Å². The average Bonchev–Trinajstić information content (AvgIpc) is 3.54. The van der Waals surface area contributed by atoms with E-state index in [1.165, 1.54) is 30.5 Å². The maximum atomic E-state index is 14.1. The maximum absolute atomic E-state index is 14.1. The van der Waals surface area contributed by atoms with Crippen molar-refractivity contribution in [3.8, 4) is 11.5 Å². The van der Waals surface area contributed by atoms with Gasteiger partial charge in [-0.05, 0) is 41.5 Å². The zero-order valence-electron chi connectivity index (χ0n) is 26.8. The van der Waals surface area contributed by atoms with Crippen LogP contribution in [0.25, 0.3) is 0 Å². The van der Waals surface area contributed by atoms with Gasteiger partial charge in [0, 0.05) is 33.9 Å². The van der Waals surface area contributed by atoms with Crippen molar-refractivity contribution < 1.29 is 54.1 Å². The van der Waals surface area contributed by atoms with Gasteiger partial charge in [-0.2, -0.15) is 0 Å². The molecule has 0 saturated carbocycles. The Hall–Kier alpha value is -4.91. The third-order valence-corrected chi connectivity index (χ3v) is 10.0. The van der Waals surface area contributed by atoms with Crippen LogP contribution >= 0.6 is 0 Å². The molecule has 4 aliphatic heterocycles. The number of aliphatic hydroxyl groups is 4. The minimum absolute atomic E-state index is 0.0213. The summed E-state index contributed by atoms with van der Waals surface area (Å²) >= 11 is 0. The van der Waals surface area contributed by atoms with E-state index in [0.717, 1.165) is 0 Å². The number of ether oxygens (including phenoxy) is 3. The van der Waals surface area contributed by atoms with Crippen molar-refractivity contribution in [2.75, 3.05) is 18.2 Å². The number of phenols is 1. The largest absolute Gasteiger partial charge is 0.504 e. The van der Waals surface area contributed by atoms with E-state index in [4.69, 9.17) is 19.9 Å². The molecule has 0 radical (unpaired) electrons. The molecule has 9 unspecified atom stereocenters. The van der Waals surface area contributed by atoms with Crippen LogP contribution in [0, 0.1) is 0 Å². The maximum Gasteiger partial charge on any atom is 0.242 e. The molecule has 0 aromatic heterocycles. The Morgan fingerprint density at radius 1 is 0.922 bits per heavy atom. The molecule has 10 N–H and O–H groups in total. The summed E-state index contributed by atoms with van der Waals surface area (Å²) in [4.78, 5) is 42.8. The molecule has 3 fully saturated rings. The predicted molar refractivity (Wildman–Crippen MR) is 175 cm³/mol. The lowest BCUT2D eigenvalue weighted by Crippen LogP contribution is -2.70. The number of carbonyl (C=O) groups is 3. The van der Waals surface area contributed by atoms with Crippen LogP contribution in [0.2, 0.25) is 0 Å². The molecule has 4 heterocycles.